The lowest BCUT2D eigenvalue weighted by molar-refractivity contribution is 0.322. The van der Waals surface area contributed by atoms with Crippen molar-refractivity contribution < 1.29 is 5.11 Å². The first-order valence-corrected chi connectivity index (χ1v) is 5.48. The Labute approximate surface area is 72.8 Å². The summed E-state index contributed by atoms with van der Waals surface area (Å²) in [6.07, 6.45) is 2.64. The van der Waals surface area contributed by atoms with Crippen molar-refractivity contribution in [3.05, 3.63) is 0 Å². The van der Waals surface area contributed by atoms with E-state index < -0.39 is 0 Å². The molecule has 11 heavy (non-hydrogen) atoms. The van der Waals surface area contributed by atoms with Gasteiger partial charge in [-0.05, 0) is 37.6 Å². The number of hydrogen-bond donors (Lipinski definition) is 2. The minimum absolute atomic E-state index is 0.329. The van der Waals surface area contributed by atoms with Gasteiger partial charge < -0.3 is 10.4 Å². The zero-order valence-electron chi connectivity index (χ0n) is 6.88. The van der Waals surface area contributed by atoms with E-state index in [-0.39, 0.29) is 0 Å². The molecule has 1 fully saturated rings. The molecule has 0 amide bonds. The summed E-state index contributed by atoms with van der Waals surface area (Å²) in [5.41, 5.74) is 0. The van der Waals surface area contributed by atoms with Gasteiger partial charge in [0, 0.05) is 5.75 Å². The van der Waals surface area contributed by atoms with Crippen LogP contribution in [0.3, 0.4) is 0 Å². The van der Waals surface area contributed by atoms with Gasteiger partial charge in [-0.15, -0.1) is 0 Å². The summed E-state index contributed by atoms with van der Waals surface area (Å²) in [5, 5.41) is 11.9. The molecule has 3 heteroatoms. The maximum Gasteiger partial charge on any atom is 0.0521 e. The normalized spacial score (nSPS) is 20.5. The third-order valence-corrected chi connectivity index (χ3v) is 3.23. The average Bonchev–Trinajstić information content (AvgIpc) is 2.07. The highest BCUT2D eigenvalue weighted by Crippen LogP contribution is 2.17. The van der Waals surface area contributed by atoms with Crippen LogP contribution >= 0.6 is 11.8 Å². The van der Waals surface area contributed by atoms with E-state index in [1.165, 1.54) is 31.7 Å². The molecule has 1 heterocycles. The summed E-state index contributed by atoms with van der Waals surface area (Å²) in [6.45, 7) is 2.70. The molecule has 0 unspecified atom stereocenters. The fourth-order valence-corrected chi connectivity index (χ4v) is 2.33. The maximum atomic E-state index is 8.56. The molecule has 0 radical (unpaired) electrons. The number of aliphatic hydroxyl groups excluding tert-OH is 1. The van der Waals surface area contributed by atoms with Crippen molar-refractivity contribution >= 4 is 11.8 Å². The zero-order chi connectivity index (χ0) is 7.94. The number of nitrogens with one attached hydrogen (secondary N) is 1. The summed E-state index contributed by atoms with van der Waals surface area (Å²) in [6, 6.07) is 0. The number of hydrogen-bond acceptors (Lipinski definition) is 3. The fraction of sp³-hybridized carbons (Fsp3) is 1.00. The molecule has 1 aliphatic heterocycles. The first-order chi connectivity index (χ1) is 5.43. The van der Waals surface area contributed by atoms with E-state index in [0.717, 1.165) is 11.7 Å². The highest BCUT2D eigenvalue weighted by molar-refractivity contribution is 7.99. The molecule has 0 saturated carbocycles. The minimum Gasteiger partial charge on any atom is -0.396 e. The Hall–Kier alpha value is 0.270. The first kappa shape index (κ1) is 9.36. The molecule has 1 saturated heterocycles. The lowest BCUT2D eigenvalue weighted by Crippen LogP contribution is -2.28. The lowest BCUT2D eigenvalue weighted by Gasteiger charge is -2.21. The van der Waals surface area contributed by atoms with Gasteiger partial charge in [-0.1, -0.05) is 0 Å². The Morgan fingerprint density at radius 1 is 1.36 bits per heavy atom. The molecule has 0 aromatic heterocycles. The quantitative estimate of drug-likeness (QED) is 0.617. The van der Waals surface area contributed by atoms with Crippen molar-refractivity contribution in [3.8, 4) is 0 Å². The minimum atomic E-state index is 0.329. The molecular weight excluding hydrogens is 158 g/mol. The monoisotopic (exact) mass is 175 g/mol. The van der Waals surface area contributed by atoms with Crippen LogP contribution in [0.1, 0.15) is 12.8 Å². The average molecular weight is 175 g/mol. The smallest absolute Gasteiger partial charge is 0.0521 e. The topological polar surface area (TPSA) is 32.3 Å². The number of thioether (sulfide) groups is 1. The van der Waals surface area contributed by atoms with Crippen molar-refractivity contribution in [1.82, 2.24) is 5.32 Å². The van der Waals surface area contributed by atoms with Crippen LogP contribution in [-0.4, -0.2) is 36.3 Å². The van der Waals surface area contributed by atoms with E-state index in [1.54, 1.807) is 0 Å². The highest BCUT2D eigenvalue weighted by Gasteiger charge is 2.11. The van der Waals surface area contributed by atoms with Gasteiger partial charge in [0.25, 0.3) is 0 Å². The van der Waals surface area contributed by atoms with Gasteiger partial charge in [-0.2, -0.15) is 11.8 Å². The van der Waals surface area contributed by atoms with Crippen LogP contribution in [0, 0.1) is 5.92 Å². The van der Waals surface area contributed by atoms with Crippen LogP contribution in [0.2, 0.25) is 0 Å². The Morgan fingerprint density at radius 3 is 2.73 bits per heavy atom. The van der Waals surface area contributed by atoms with Gasteiger partial charge in [0.2, 0.25) is 0 Å². The second kappa shape index (κ2) is 5.86. The molecular formula is C8H17NOS. The largest absolute Gasteiger partial charge is 0.396 e. The van der Waals surface area contributed by atoms with Gasteiger partial charge in [-0.25, -0.2) is 0 Å². The Balaban J connectivity index is 1.96. The van der Waals surface area contributed by atoms with Crippen molar-refractivity contribution in [3.63, 3.8) is 0 Å². The van der Waals surface area contributed by atoms with Crippen molar-refractivity contribution in [2.24, 2.45) is 5.92 Å². The third kappa shape index (κ3) is 3.99. The van der Waals surface area contributed by atoms with E-state index in [2.05, 4.69) is 5.32 Å². The first-order valence-electron chi connectivity index (χ1n) is 4.33. The molecule has 1 rings (SSSR count). The maximum absolute atomic E-state index is 8.56. The molecule has 1 aliphatic rings. The third-order valence-electron chi connectivity index (χ3n) is 2.05. The van der Waals surface area contributed by atoms with E-state index in [0.29, 0.717) is 6.61 Å². The van der Waals surface area contributed by atoms with Crippen LogP contribution in [0.25, 0.3) is 0 Å². The summed E-state index contributed by atoms with van der Waals surface area (Å²) >= 11 is 1.88. The molecule has 2 N–H and O–H groups in total. The Kier molecular flexibility index (Phi) is 4.99. The molecule has 66 valence electrons. The predicted octanol–water partition coefficient (Wildman–Crippen LogP) is 0.711. The summed E-state index contributed by atoms with van der Waals surface area (Å²) in [7, 11) is 0. The molecule has 0 spiro atoms. The molecule has 0 aromatic carbocycles. The van der Waals surface area contributed by atoms with Crippen LogP contribution in [0.4, 0.5) is 0 Å². The number of aliphatic hydroxyl groups is 1. The number of piperidine rings is 1. The highest BCUT2D eigenvalue weighted by atomic mass is 32.2. The second-order valence-corrected chi connectivity index (χ2v) is 4.14. The van der Waals surface area contributed by atoms with E-state index in [9.17, 15) is 0 Å². The van der Waals surface area contributed by atoms with Crippen molar-refractivity contribution in [2.75, 3.05) is 31.2 Å². The van der Waals surface area contributed by atoms with Crippen LogP contribution in [0.15, 0.2) is 0 Å². The van der Waals surface area contributed by atoms with E-state index >= 15 is 0 Å². The summed E-state index contributed by atoms with van der Waals surface area (Å²) in [5.74, 6) is 3.04. The summed E-state index contributed by atoms with van der Waals surface area (Å²) < 4.78 is 0. The standard InChI is InChI=1S/C8H17NOS/c10-5-6-11-7-8-1-3-9-4-2-8/h8-10H,1-7H2. The van der Waals surface area contributed by atoms with Gasteiger partial charge in [-0.3, -0.25) is 0 Å². The molecule has 0 aromatic rings. The van der Waals surface area contributed by atoms with Gasteiger partial charge in [0.1, 0.15) is 0 Å². The van der Waals surface area contributed by atoms with Crippen LogP contribution in [-0.2, 0) is 0 Å². The number of rotatable bonds is 4. The van der Waals surface area contributed by atoms with Crippen molar-refractivity contribution in [2.45, 2.75) is 12.8 Å². The lowest BCUT2D eigenvalue weighted by atomic mass is 10.0. The summed E-state index contributed by atoms with van der Waals surface area (Å²) in [4.78, 5) is 0. The van der Waals surface area contributed by atoms with E-state index in [4.69, 9.17) is 5.11 Å². The molecule has 0 atom stereocenters. The van der Waals surface area contributed by atoms with E-state index in [1.807, 2.05) is 11.8 Å². The SMILES string of the molecule is OCCSCC1CCNCC1. The predicted molar refractivity (Wildman–Crippen MR) is 50.0 cm³/mol. The van der Waals surface area contributed by atoms with Gasteiger partial charge in [0.15, 0.2) is 0 Å². The van der Waals surface area contributed by atoms with Crippen LogP contribution < -0.4 is 5.32 Å². The molecule has 2 nitrogen and oxygen atoms in total. The molecule has 0 bridgehead atoms. The fourth-order valence-electron chi connectivity index (χ4n) is 1.36. The van der Waals surface area contributed by atoms with Gasteiger partial charge >= 0.3 is 0 Å². The van der Waals surface area contributed by atoms with Gasteiger partial charge in [0.05, 0.1) is 6.61 Å². The van der Waals surface area contributed by atoms with Crippen LogP contribution in [0.5, 0.6) is 0 Å². The second-order valence-electron chi connectivity index (χ2n) is 2.99. The van der Waals surface area contributed by atoms with Crippen molar-refractivity contribution in [1.29, 1.82) is 0 Å². The Morgan fingerprint density at radius 2 is 2.09 bits per heavy atom. The zero-order valence-corrected chi connectivity index (χ0v) is 7.70. The molecule has 0 aliphatic carbocycles. The Bertz CT molecular complexity index is 94.1.